The number of halogens is 1. The molecule has 1 aliphatic heterocycles. The van der Waals surface area contributed by atoms with Gasteiger partial charge >= 0.3 is 0 Å². The fourth-order valence-corrected chi connectivity index (χ4v) is 3.31. The molecule has 1 saturated heterocycles. The Labute approximate surface area is 168 Å². The van der Waals surface area contributed by atoms with Crippen molar-refractivity contribution in [1.82, 2.24) is 15.5 Å². The first kappa shape index (κ1) is 22.4. The van der Waals surface area contributed by atoms with Crippen LogP contribution in [0, 0.1) is 11.7 Å². The molecule has 2 N–H and O–H groups in total. The Balaban J connectivity index is 1.69. The maximum absolute atomic E-state index is 13.3. The number of benzene rings is 1. The number of methoxy groups -OCH3 is 1. The molecule has 1 aromatic rings. The van der Waals surface area contributed by atoms with E-state index in [4.69, 9.17) is 9.47 Å². The summed E-state index contributed by atoms with van der Waals surface area (Å²) in [4.78, 5) is 6.77. The first-order valence-electron chi connectivity index (χ1n) is 10.2. The smallest absolute Gasteiger partial charge is 0.191 e. The van der Waals surface area contributed by atoms with Crippen LogP contribution in [-0.4, -0.2) is 70.5 Å². The Morgan fingerprint density at radius 1 is 1.32 bits per heavy atom. The van der Waals surface area contributed by atoms with Crippen LogP contribution in [0.25, 0.3) is 0 Å². The standard InChI is InChI=1S/C21H35FN4O2/c1-4-19(28-20-7-5-6-18(22)14-20)16-25-21(23-2)24-15-17-8-10-26(11-9-17)12-13-27-3/h5-7,14,17,19H,4,8-13,15-16H2,1-3H3,(H2,23,24,25). The second-order valence-corrected chi connectivity index (χ2v) is 7.22. The molecule has 1 aliphatic rings. The molecule has 7 heteroatoms. The minimum absolute atomic E-state index is 0.0515. The van der Waals surface area contributed by atoms with Crippen molar-refractivity contribution in [3.8, 4) is 5.75 Å². The first-order valence-corrected chi connectivity index (χ1v) is 10.2. The topological polar surface area (TPSA) is 58.1 Å². The number of nitrogens with one attached hydrogen (secondary N) is 2. The predicted octanol–water partition coefficient (Wildman–Crippen LogP) is 2.51. The van der Waals surface area contributed by atoms with Gasteiger partial charge in [0.15, 0.2) is 5.96 Å². The highest BCUT2D eigenvalue weighted by Crippen LogP contribution is 2.16. The van der Waals surface area contributed by atoms with Gasteiger partial charge in [-0.3, -0.25) is 4.99 Å². The average molecular weight is 395 g/mol. The Morgan fingerprint density at radius 3 is 2.75 bits per heavy atom. The molecule has 0 amide bonds. The summed E-state index contributed by atoms with van der Waals surface area (Å²) in [7, 11) is 3.53. The molecule has 0 radical (unpaired) electrons. The summed E-state index contributed by atoms with van der Waals surface area (Å²) in [5.41, 5.74) is 0. The van der Waals surface area contributed by atoms with Gasteiger partial charge in [-0.1, -0.05) is 13.0 Å². The van der Waals surface area contributed by atoms with Crippen LogP contribution in [0.1, 0.15) is 26.2 Å². The zero-order chi connectivity index (χ0) is 20.2. The van der Waals surface area contributed by atoms with Crippen molar-refractivity contribution in [2.24, 2.45) is 10.9 Å². The molecule has 1 heterocycles. The molecule has 2 rings (SSSR count). The first-order chi connectivity index (χ1) is 13.6. The molecule has 0 aromatic heterocycles. The number of hydrogen-bond donors (Lipinski definition) is 2. The molecule has 0 spiro atoms. The largest absolute Gasteiger partial charge is 0.489 e. The van der Waals surface area contributed by atoms with Crippen molar-refractivity contribution in [3.05, 3.63) is 30.1 Å². The van der Waals surface area contributed by atoms with Crippen molar-refractivity contribution in [2.45, 2.75) is 32.3 Å². The SMILES string of the molecule is CCC(CNC(=NC)NCC1CCN(CCOC)CC1)Oc1cccc(F)c1. The van der Waals surface area contributed by atoms with E-state index in [2.05, 4.69) is 27.4 Å². The molecule has 0 bridgehead atoms. The van der Waals surface area contributed by atoms with Gasteiger partial charge in [0.1, 0.15) is 17.7 Å². The van der Waals surface area contributed by atoms with Crippen molar-refractivity contribution in [2.75, 3.05) is 53.5 Å². The summed E-state index contributed by atoms with van der Waals surface area (Å²) in [5, 5.41) is 6.75. The minimum Gasteiger partial charge on any atom is -0.489 e. The van der Waals surface area contributed by atoms with Gasteiger partial charge in [0.25, 0.3) is 0 Å². The van der Waals surface area contributed by atoms with Crippen molar-refractivity contribution < 1.29 is 13.9 Å². The van der Waals surface area contributed by atoms with Crippen LogP contribution in [0.5, 0.6) is 5.75 Å². The van der Waals surface area contributed by atoms with E-state index in [1.807, 2.05) is 0 Å². The monoisotopic (exact) mass is 394 g/mol. The number of piperidine rings is 1. The highest BCUT2D eigenvalue weighted by atomic mass is 19.1. The van der Waals surface area contributed by atoms with E-state index < -0.39 is 0 Å². The summed E-state index contributed by atoms with van der Waals surface area (Å²) in [6.45, 7) is 7.66. The Bertz CT molecular complexity index is 592. The number of nitrogens with zero attached hydrogens (tertiary/aromatic N) is 2. The van der Waals surface area contributed by atoms with Gasteiger partial charge in [0.05, 0.1) is 13.2 Å². The zero-order valence-electron chi connectivity index (χ0n) is 17.4. The Morgan fingerprint density at radius 2 is 2.11 bits per heavy atom. The summed E-state index contributed by atoms with van der Waals surface area (Å²) >= 11 is 0. The quantitative estimate of drug-likeness (QED) is 0.472. The van der Waals surface area contributed by atoms with Crippen LogP contribution in [-0.2, 0) is 4.74 Å². The van der Waals surface area contributed by atoms with Crippen LogP contribution < -0.4 is 15.4 Å². The number of ether oxygens (including phenoxy) is 2. The van der Waals surface area contributed by atoms with Gasteiger partial charge in [-0.15, -0.1) is 0 Å². The maximum atomic E-state index is 13.3. The normalized spacial score (nSPS) is 17.4. The van der Waals surface area contributed by atoms with E-state index in [0.29, 0.717) is 18.2 Å². The van der Waals surface area contributed by atoms with E-state index in [1.165, 1.54) is 25.0 Å². The van der Waals surface area contributed by atoms with Crippen LogP contribution in [0.2, 0.25) is 0 Å². The minimum atomic E-state index is -0.286. The second-order valence-electron chi connectivity index (χ2n) is 7.22. The maximum Gasteiger partial charge on any atom is 0.191 e. The van der Waals surface area contributed by atoms with E-state index in [9.17, 15) is 4.39 Å². The van der Waals surface area contributed by atoms with Gasteiger partial charge < -0.3 is 25.0 Å². The molecule has 0 saturated carbocycles. The van der Waals surface area contributed by atoms with Gasteiger partial charge in [0.2, 0.25) is 0 Å². The molecular formula is C21H35FN4O2. The highest BCUT2D eigenvalue weighted by Gasteiger charge is 2.19. The van der Waals surface area contributed by atoms with E-state index in [1.54, 1.807) is 26.3 Å². The molecule has 1 atom stereocenters. The number of rotatable bonds is 10. The fourth-order valence-electron chi connectivity index (χ4n) is 3.31. The van der Waals surface area contributed by atoms with E-state index in [0.717, 1.165) is 45.2 Å². The number of hydrogen-bond acceptors (Lipinski definition) is 4. The Hall–Kier alpha value is -1.86. The summed E-state index contributed by atoms with van der Waals surface area (Å²) in [5.74, 6) is 1.70. The van der Waals surface area contributed by atoms with Crippen LogP contribution in [0.15, 0.2) is 29.3 Å². The van der Waals surface area contributed by atoms with E-state index >= 15 is 0 Å². The van der Waals surface area contributed by atoms with Gasteiger partial charge in [0, 0.05) is 33.3 Å². The molecule has 158 valence electrons. The second kappa shape index (κ2) is 12.6. The van der Waals surface area contributed by atoms with Crippen LogP contribution in [0.4, 0.5) is 4.39 Å². The molecule has 28 heavy (non-hydrogen) atoms. The lowest BCUT2D eigenvalue weighted by Gasteiger charge is -2.32. The van der Waals surface area contributed by atoms with Gasteiger partial charge in [-0.05, 0) is 50.4 Å². The summed E-state index contributed by atoms with van der Waals surface area (Å²) in [6, 6.07) is 6.26. The van der Waals surface area contributed by atoms with Crippen molar-refractivity contribution in [3.63, 3.8) is 0 Å². The third kappa shape index (κ3) is 8.02. The lowest BCUT2D eigenvalue weighted by atomic mass is 9.97. The summed E-state index contributed by atoms with van der Waals surface area (Å²) in [6.07, 6.45) is 3.15. The lowest BCUT2D eigenvalue weighted by Crippen LogP contribution is -2.45. The van der Waals surface area contributed by atoms with Crippen molar-refractivity contribution >= 4 is 5.96 Å². The molecule has 1 aromatic carbocycles. The molecule has 0 aliphatic carbocycles. The summed E-state index contributed by atoms with van der Waals surface area (Å²) < 4.78 is 24.4. The number of aliphatic imine (C=N–C) groups is 1. The fraction of sp³-hybridized carbons (Fsp3) is 0.667. The lowest BCUT2D eigenvalue weighted by molar-refractivity contribution is 0.120. The average Bonchev–Trinajstić information content (AvgIpc) is 2.72. The highest BCUT2D eigenvalue weighted by molar-refractivity contribution is 5.79. The van der Waals surface area contributed by atoms with Gasteiger partial charge in [-0.25, -0.2) is 4.39 Å². The third-order valence-electron chi connectivity index (χ3n) is 5.15. The van der Waals surface area contributed by atoms with E-state index in [-0.39, 0.29) is 11.9 Å². The molecule has 6 nitrogen and oxygen atoms in total. The number of guanidine groups is 1. The molecule has 1 fully saturated rings. The predicted molar refractivity (Wildman–Crippen MR) is 112 cm³/mol. The Kier molecular flexibility index (Phi) is 10.1. The van der Waals surface area contributed by atoms with Crippen LogP contribution in [0.3, 0.4) is 0 Å². The van der Waals surface area contributed by atoms with Gasteiger partial charge in [-0.2, -0.15) is 0 Å². The van der Waals surface area contributed by atoms with Crippen LogP contribution >= 0.6 is 0 Å². The van der Waals surface area contributed by atoms with Crippen molar-refractivity contribution in [1.29, 1.82) is 0 Å². The molecule has 1 unspecified atom stereocenters. The molecular weight excluding hydrogens is 359 g/mol. The third-order valence-corrected chi connectivity index (χ3v) is 5.15. The zero-order valence-corrected chi connectivity index (χ0v) is 17.4. The number of likely N-dealkylation sites (tertiary alicyclic amines) is 1.